The second-order valence-corrected chi connectivity index (χ2v) is 3.94. The van der Waals surface area contributed by atoms with Crippen molar-refractivity contribution in [2.45, 2.75) is 27.7 Å². The van der Waals surface area contributed by atoms with E-state index in [1.807, 2.05) is 39.8 Å². The Kier molecular flexibility index (Phi) is 5.85. The molecule has 3 nitrogen and oxygen atoms in total. The predicted molar refractivity (Wildman–Crippen MR) is 85.0 cm³/mol. The fraction of sp³-hybridized carbons (Fsp3) is 0.222. The van der Waals surface area contributed by atoms with Gasteiger partial charge in [-0.25, -0.2) is 4.79 Å². The summed E-state index contributed by atoms with van der Waals surface area (Å²) in [6.45, 7) is 8.00. The van der Waals surface area contributed by atoms with Crippen LogP contribution in [-0.4, -0.2) is 16.9 Å². The van der Waals surface area contributed by atoms with Gasteiger partial charge in [0.05, 0.1) is 5.56 Å². The van der Waals surface area contributed by atoms with E-state index in [4.69, 9.17) is 5.11 Å². The Labute approximate surface area is 125 Å². The van der Waals surface area contributed by atoms with E-state index in [2.05, 4.69) is 0 Å². The van der Waals surface area contributed by atoms with Crippen LogP contribution in [0.15, 0.2) is 42.5 Å². The van der Waals surface area contributed by atoms with Crippen LogP contribution in [0.25, 0.3) is 11.1 Å². The molecule has 1 N–H and O–H groups in total. The summed E-state index contributed by atoms with van der Waals surface area (Å²) in [5, 5.41) is 8.91. The van der Waals surface area contributed by atoms with Crippen molar-refractivity contribution in [2.75, 3.05) is 0 Å². The molecule has 3 heteroatoms. The Hall–Kier alpha value is -2.42. The standard InChI is InChI=1S/C14H8O3.2C2H6/c15-13-11-4-2-1-3-9(11)10-6-5-8(14(16)17)7-12(10)13;2*1-2/h1-7H,(H,16,17);2*1-2H3. The van der Waals surface area contributed by atoms with E-state index in [9.17, 15) is 9.59 Å². The molecule has 0 saturated heterocycles. The van der Waals surface area contributed by atoms with Crippen LogP contribution in [0.5, 0.6) is 0 Å². The van der Waals surface area contributed by atoms with Gasteiger partial charge in [-0.3, -0.25) is 4.79 Å². The summed E-state index contributed by atoms with van der Waals surface area (Å²) >= 11 is 0. The topological polar surface area (TPSA) is 54.4 Å². The molecule has 2 aromatic rings. The highest BCUT2D eigenvalue weighted by atomic mass is 16.4. The highest BCUT2D eigenvalue weighted by molar-refractivity contribution is 6.22. The molecule has 0 aliphatic heterocycles. The lowest BCUT2D eigenvalue weighted by atomic mass is 10.0. The first-order valence-electron chi connectivity index (χ1n) is 7.20. The van der Waals surface area contributed by atoms with Crippen molar-refractivity contribution < 1.29 is 14.7 Å². The maximum atomic E-state index is 12.1. The van der Waals surface area contributed by atoms with Gasteiger partial charge < -0.3 is 5.11 Å². The van der Waals surface area contributed by atoms with Crippen LogP contribution in [-0.2, 0) is 0 Å². The third-order valence-electron chi connectivity index (χ3n) is 2.97. The number of rotatable bonds is 1. The zero-order valence-electron chi connectivity index (χ0n) is 12.8. The molecular weight excluding hydrogens is 264 g/mol. The molecule has 0 atom stereocenters. The molecule has 0 radical (unpaired) electrons. The first-order chi connectivity index (χ1) is 10.2. The van der Waals surface area contributed by atoms with E-state index < -0.39 is 5.97 Å². The average molecular weight is 284 g/mol. The quantitative estimate of drug-likeness (QED) is 0.707. The lowest BCUT2D eigenvalue weighted by molar-refractivity contribution is 0.0697. The zero-order valence-corrected chi connectivity index (χ0v) is 12.8. The van der Waals surface area contributed by atoms with E-state index >= 15 is 0 Å². The van der Waals surface area contributed by atoms with E-state index in [1.54, 1.807) is 18.2 Å². The predicted octanol–water partition coefficient (Wildman–Crippen LogP) is 4.65. The van der Waals surface area contributed by atoms with Gasteiger partial charge in [0, 0.05) is 11.1 Å². The van der Waals surface area contributed by atoms with Crippen LogP contribution in [0.3, 0.4) is 0 Å². The van der Waals surface area contributed by atoms with Crippen molar-refractivity contribution in [1.29, 1.82) is 0 Å². The van der Waals surface area contributed by atoms with E-state index in [0.29, 0.717) is 11.1 Å². The van der Waals surface area contributed by atoms with Crippen molar-refractivity contribution in [1.82, 2.24) is 0 Å². The van der Waals surface area contributed by atoms with Crippen molar-refractivity contribution >= 4 is 11.8 Å². The Morgan fingerprint density at radius 2 is 1.33 bits per heavy atom. The number of hydrogen-bond acceptors (Lipinski definition) is 2. The number of hydrogen-bond donors (Lipinski definition) is 1. The van der Waals surface area contributed by atoms with Crippen LogP contribution in [0, 0.1) is 0 Å². The Bertz CT molecular complexity index is 657. The monoisotopic (exact) mass is 284 g/mol. The highest BCUT2D eigenvalue weighted by Gasteiger charge is 2.26. The first kappa shape index (κ1) is 16.6. The summed E-state index contributed by atoms with van der Waals surface area (Å²) in [5.41, 5.74) is 2.96. The molecule has 0 fully saturated rings. The fourth-order valence-corrected chi connectivity index (χ4v) is 2.16. The van der Waals surface area contributed by atoms with Crippen molar-refractivity contribution in [3.63, 3.8) is 0 Å². The molecule has 1 aliphatic rings. The number of benzene rings is 2. The minimum Gasteiger partial charge on any atom is -0.478 e. The van der Waals surface area contributed by atoms with Crippen LogP contribution in [0.1, 0.15) is 54.0 Å². The van der Waals surface area contributed by atoms with E-state index in [1.165, 1.54) is 12.1 Å². The number of ketones is 1. The molecule has 0 bridgehead atoms. The lowest BCUT2D eigenvalue weighted by Crippen LogP contribution is -2.00. The Morgan fingerprint density at radius 1 is 0.810 bits per heavy atom. The summed E-state index contributed by atoms with van der Waals surface area (Å²) < 4.78 is 0. The summed E-state index contributed by atoms with van der Waals surface area (Å²) in [6, 6.07) is 12.0. The number of carboxylic acids is 1. The Morgan fingerprint density at radius 3 is 1.90 bits per heavy atom. The molecule has 0 unspecified atom stereocenters. The molecule has 0 heterocycles. The lowest BCUT2D eigenvalue weighted by Gasteiger charge is -2.00. The first-order valence-corrected chi connectivity index (χ1v) is 7.20. The number of fused-ring (bicyclic) bond motifs is 3. The summed E-state index contributed by atoms with van der Waals surface area (Å²) in [4.78, 5) is 22.9. The van der Waals surface area contributed by atoms with Gasteiger partial charge in [0.15, 0.2) is 5.78 Å². The van der Waals surface area contributed by atoms with Crippen LogP contribution in [0.4, 0.5) is 0 Å². The minimum absolute atomic E-state index is 0.0984. The largest absolute Gasteiger partial charge is 0.478 e. The molecule has 21 heavy (non-hydrogen) atoms. The smallest absolute Gasteiger partial charge is 0.335 e. The molecule has 0 amide bonds. The maximum Gasteiger partial charge on any atom is 0.335 e. The van der Waals surface area contributed by atoms with Crippen LogP contribution >= 0.6 is 0 Å². The van der Waals surface area contributed by atoms with Crippen LogP contribution < -0.4 is 0 Å². The van der Waals surface area contributed by atoms with Gasteiger partial charge in [0.1, 0.15) is 0 Å². The molecule has 3 rings (SSSR count). The molecule has 0 saturated carbocycles. The summed E-state index contributed by atoms with van der Waals surface area (Å²) in [6.07, 6.45) is 0. The number of carboxylic acid groups (broad SMARTS) is 1. The average Bonchev–Trinajstić information content (AvgIpc) is 2.84. The van der Waals surface area contributed by atoms with Crippen molar-refractivity contribution in [3.8, 4) is 11.1 Å². The highest BCUT2D eigenvalue weighted by Crippen LogP contribution is 2.36. The normalized spacial score (nSPS) is 10.4. The minimum atomic E-state index is -1.02. The molecule has 2 aromatic carbocycles. The SMILES string of the molecule is CC.CC.O=C(O)c1ccc2c(c1)C(=O)c1ccccc1-2. The van der Waals surface area contributed by atoms with Crippen molar-refractivity contribution in [2.24, 2.45) is 0 Å². The Balaban J connectivity index is 0.000000510. The third kappa shape index (κ3) is 3.02. The molecule has 110 valence electrons. The summed E-state index contributed by atoms with van der Waals surface area (Å²) in [7, 11) is 0. The van der Waals surface area contributed by atoms with Crippen LogP contribution in [0.2, 0.25) is 0 Å². The van der Waals surface area contributed by atoms with Gasteiger partial charge in [0.25, 0.3) is 0 Å². The van der Waals surface area contributed by atoms with Gasteiger partial charge in [-0.2, -0.15) is 0 Å². The van der Waals surface area contributed by atoms with E-state index in [0.717, 1.165) is 11.1 Å². The molecule has 0 spiro atoms. The zero-order chi connectivity index (χ0) is 16.0. The molecule has 0 aromatic heterocycles. The van der Waals surface area contributed by atoms with Crippen molar-refractivity contribution in [3.05, 3.63) is 59.2 Å². The van der Waals surface area contributed by atoms with Gasteiger partial charge >= 0.3 is 5.97 Å². The van der Waals surface area contributed by atoms with Gasteiger partial charge in [-0.15, -0.1) is 0 Å². The third-order valence-corrected chi connectivity index (χ3v) is 2.97. The molecule has 1 aliphatic carbocycles. The van der Waals surface area contributed by atoms with Gasteiger partial charge in [0.2, 0.25) is 0 Å². The maximum absolute atomic E-state index is 12.1. The number of carbonyl (C=O) groups is 2. The number of aromatic carboxylic acids is 1. The van der Waals surface area contributed by atoms with Gasteiger partial charge in [-0.05, 0) is 23.3 Å². The second kappa shape index (κ2) is 7.39. The summed E-state index contributed by atoms with van der Waals surface area (Å²) in [5.74, 6) is -1.12. The second-order valence-electron chi connectivity index (χ2n) is 3.94. The van der Waals surface area contributed by atoms with E-state index in [-0.39, 0.29) is 11.3 Å². The number of carbonyl (C=O) groups excluding carboxylic acids is 1. The fourth-order valence-electron chi connectivity index (χ4n) is 2.16. The van der Waals surface area contributed by atoms with Gasteiger partial charge in [-0.1, -0.05) is 58.0 Å². The molecular formula is C18H20O3.